The molecule has 2 heterocycles. The summed E-state index contributed by atoms with van der Waals surface area (Å²) in [7, 11) is 2.06. The predicted molar refractivity (Wildman–Crippen MR) is 108 cm³/mol. The van der Waals surface area contributed by atoms with Crippen molar-refractivity contribution < 1.29 is 19.4 Å². The molecule has 1 N–H and O–H groups in total. The number of nitrogens with zero attached hydrogens (tertiary/aromatic N) is 3. The fraction of sp³-hybridized carbons (Fsp3) is 0.619. The number of carboxylic acid groups (broad SMARTS) is 1. The molecule has 0 unspecified atom stereocenters. The SMILES string of the molecule is CN(CC[C@H]1CN(C(=O)N2CCOCC2)CC[C@H]1CC(=O)O)c1ccccc1. The molecule has 0 aromatic heterocycles. The average molecular weight is 389 g/mol. The summed E-state index contributed by atoms with van der Waals surface area (Å²) in [5.41, 5.74) is 1.15. The molecule has 1 aromatic rings. The third kappa shape index (κ3) is 5.38. The van der Waals surface area contributed by atoms with E-state index in [4.69, 9.17) is 4.74 Å². The maximum Gasteiger partial charge on any atom is 0.320 e. The minimum absolute atomic E-state index is 0.0680. The van der Waals surface area contributed by atoms with Crippen molar-refractivity contribution in [1.82, 2.24) is 9.80 Å². The van der Waals surface area contributed by atoms with Gasteiger partial charge in [0, 0.05) is 51.9 Å². The topological polar surface area (TPSA) is 73.3 Å². The number of hydrogen-bond acceptors (Lipinski definition) is 4. The number of carbonyl (C=O) groups is 2. The largest absolute Gasteiger partial charge is 0.481 e. The van der Waals surface area contributed by atoms with E-state index in [0.29, 0.717) is 39.4 Å². The normalized spacial score (nSPS) is 22.8. The van der Waals surface area contributed by atoms with E-state index in [1.165, 1.54) is 0 Å². The number of carboxylic acids is 1. The summed E-state index contributed by atoms with van der Waals surface area (Å²) in [6, 6.07) is 10.2. The van der Waals surface area contributed by atoms with Gasteiger partial charge >= 0.3 is 12.0 Å². The molecule has 0 radical (unpaired) electrons. The van der Waals surface area contributed by atoms with Crippen molar-refractivity contribution >= 4 is 17.7 Å². The van der Waals surface area contributed by atoms with Gasteiger partial charge in [0.2, 0.25) is 0 Å². The quantitative estimate of drug-likeness (QED) is 0.809. The Hall–Kier alpha value is -2.28. The number of piperidine rings is 1. The van der Waals surface area contributed by atoms with Crippen LogP contribution in [0.1, 0.15) is 19.3 Å². The van der Waals surface area contributed by atoms with Gasteiger partial charge in [0.15, 0.2) is 0 Å². The second-order valence-corrected chi connectivity index (χ2v) is 7.78. The van der Waals surface area contributed by atoms with Crippen LogP contribution in [-0.4, -0.2) is 79.9 Å². The van der Waals surface area contributed by atoms with Crippen molar-refractivity contribution in [3.8, 4) is 0 Å². The van der Waals surface area contributed by atoms with Crippen LogP contribution >= 0.6 is 0 Å². The number of rotatable bonds is 6. The summed E-state index contributed by atoms with van der Waals surface area (Å²) in [5.74, 6) is -0.434. The van der Waals surface area contributed by atoms with E-state index < -0.39 is 5.97 Å². The second-order valence-electron chi connectivity index (χ2n) is 7.78. The van der Waals surface area contributed by atoms with Crippen LogP contribution in [0.15, 0.2) is 30.3 Å². The summed E-state index contributed by atoms with van der Waals surface area (Å²) >= 11 is 0. The molecular weight excluding hydrogens is 358 g/mol. The molecule has 7 heteroatoms. The minimum Gasteiger partial charge on any atom is -0.481 e. The lowest BCUT2D eigenvalue weighted by molar-refractivity contribution is -0.139. The highest BCUT2D eigenvalue weighted by molar-refractivity contribution is 5.74. The van der Waals surface area contributed by atoms with Gasteiger partial charge in [0.05, 0.1) is 13.2 Å². The number of amides is 2. The van der Waals surface area contributed by atoms with E-state index in [0.717, 1.165) is 25.1 Å². The summed E-state index contributed by atoms with van der Waals surface area (Å²) in [6.45, 7) is 4.56. The molecule has 1 aromatic carbocycles. The Morgan fingerprint density at radius 3 is 2.50 bits per heavy atom. The van der Waals surface area contributed by atoms with E-state index in [2.05, 4.69) is 24.1 Å². The van der Waals surface area contributed by atoms with E-state index in [1.807, 2.05) is 28.0 Å². The fourth-order valence-corrected chi connectivity index (χ4v) is 4.20. The Morgan fingerprint density at radius 1 is 1.11 bits per heavy atom. The maximum atomic E-state index is 12.9. The summed E-state index contributed by atoms with van der Waals surface area (Å²) in [5, 5.41) is 9.30. The van der Waals surface area contributed by atoms with Crippen LogP contribution in [0.2, 0.25) is 0 Å². The number of anilines is 1. The lowest BCUT2D eigenvalue weighted by atomic mass is 9.81. The van der Waals surface area contributed by atoms with Crippen LogP contribution in [0.5, 0.6) is 0 Å². The fourth-order valence-electron chi connectivity index (χ4n) is 4.20. The minimum atomic E-state index is -0.751. The van der Waals surface area contributed by atoms with Gasteiger partial charge in [-0.2, -0.15) is 0 Å². The predicted octanol–water partition coefficient (Wildman–Crippen LogP) is 2.38. The Morgan fingerprint density at radius 2 is 1.82 bits per heavy atom. The van der Waals surface area contributed by atoms with E-state index >= 15 is 0 Å². The Kier molecular flexibility index (Phi) is 7.14. The van der Waals surface area contributed by atoms with Crippen LogP contribution in [0.3, 0.4) is 0 Å². The van der Waals surface area contributed by atoms with Gasteiger partial charge in [-0.1, -0.05) is 18.2 Å². The van der Waals surface area contributed by atoms with Crippen LogP contribution in [0.4, 0.5) is 10.5 Å². The molecule has 0 saturated carbocycles. The molecule has 154 valence electrons. The van der Waals surface area contributed by atoms with Crippen molar-refractivity contribution in [2.75, 3.05) is 57.9 Å². The monoisotopic (exact) mass is 389 g/mol. The Labute approximate surface area is 166 Å². The first-order valence-electron chi connectivity index (χ1n) is 10.1. The van der Waals surface area contributed by atoms with Gasteiger partial charge in [-0.05, 0) is 36.8 Å². The van der Waals surface area contributed by atoms with Crippen molar-refractivity contribution in [2.24, 2.45) is 11.8 Å². The van der Waals surface area contributed by atoms with Crippen LogP contribution < -0.4 is 4.90 Å². The molecule has 28 heavy (non-hydrogen) atoms. The zero-order valence-corrected chi connectivity index (χ0v) is 16.6. The smallest absolute Gasteiger partial charge is 0.320 e. The van der Waals surface area contributed by atoms with Crippen molar-refractivity contribution in [3.63, 3.8) is 0 Å². The number of aliphatic carboxylic acids is 1. The first-order valence-corrected chi connectivity index (χ1v) is 10.1. The molecule has 2 atom stereocenters. The van der Waals surface area contributed by atoms with Crippen molar-refractivity contribution in [3.05, 3.63) is 30.3 Å². The number of likely N-dealkylation sites (tertiary alicyclic amines) is 1. The molecule has 2 amide bonds. The number of ether oxygens (including phenoxy) is 1. The van der Waals surface area contributed by atoms with E-state index in [9.17, 15) is 14.7 Å². The van der Waals surface area contributed by atoms with E-state index in [-0.39, 0.29) is 24.3 Å². The molecule has 0 aliphatic carbocycles. The van der Waals surface area contributed by atoms with Gasteiger partial charge in [-0.3, -0.25) is 4.79 Å². The average Bonchev–Trinajstić information content (AvgIpc) is 2.73. The molecule has 0 spiro atoms. The summed E-state index contributed by atoms with van der Waals surface area (Å²) in [6.07, 6.45) is 1.80. The lowest BCUT2D eigenvalue weighted by Gasteiger charge is -2.41. The molecule has 2 saturated heterocycles. The standard InChI is InChI=1S/C21H31N3O4/c1-22(19-5-3-2-4-6-19)9-7-18-16-24(10-8-17(18)15-20(25)26)21(27)23-11-13-28-14-12-23/h2-6,17-18H,7-16H2,1H3,(H,25,26)/t17-,18-/m0/s1. The highest BCUT2D eigenvalue weighted by Crippen LogP contribution is 2.30. The van der Waals surface area contributed by atoms with Gasteiger partial charge in [0.25, 0.3) is 0 Å². The first kappa shape index (κ1) is 20.5. The van der Waals surface area contributed by atoms with Crippen LogP contribution in [0, 0.1) is 11.8 Å². The number of hydrogen-bond donors (Lipinski definition) is 1. The zero-order chi connectivity index (χ0) is 19.9. The maximum absolute atomic E-state index is 12.9. The Bertz CT molecular complexity index is 648. The summed E-state index contributed by atoms with van der Waals surface area (Å²) < 4.78 is 5.34. The highest BCUT2D eigenvalue weighted by atomic mass is 16.5. The molecule has 0 bridgehead atoms. The lowest BCUT2D eigenvalue weighted by Crippen LogP contribution is -2.52. The number of benzene rings is 1. The molecule has 2 fully saturated rings. The first-order chi connectivity index (χ1) is 13.5. The number of para-hydroxylation sites is 1. The van der Waals surface area contributed by atoms with Gasteiger partial charge in [0.1, 0.15) is 0 Å². The molecular formula is C21H31N3O4. The van der Waals surface area contributed by atoms with Gasteiger partial charge < -0.3 is 24.5 Å². The van der Waals surface area contributed by atoms with Gasteiger partial charge in [-0.15, -0.1) is 0 Å². The van der Waals surface area contributed by atoms with Crippen molar-refractivity contribution in [1.29, 1.82) is 0 Å². The summed E-state index contributed by atoms with van der Waals surface area (Å²) in [4.78, 5) is 30.1. The molecule has 3 rings (SSSR count). The van der Waals surface area contributed by atoms with E-state index in [1.54, 1.807) is 0 Å². The molecule has 2 aliphatic heterocycles. The zero-order valence-electron chi connectivity index (χ0n) is 16.6. The van der Waals surface area contributed by atoms with Gasteiger partial charge in [-0.25, -0.2) is 4.79 Å². The van der Waals surface area contributed by atoms with Crippen molar-refractivity contribution in [2.45, 2.75) is 19.3 Å². The third-order valence-corrected chi connectivity index (χ3v) is 5.91. The molecule has 2 aliphatic rings. The highest BCUT2D eigenvalue weighted by Gasteiger charge is 2.34. The van der Waals surface area contributed by atoms with Crippen LogP contribution in [0.25, 0.3) is 0 Å². The van der Waals surface area contributed by atoms with Crippen LogP contribution in [-0.2, 0) is 9.53 Å². The molecule has 7 nitrogen and oxygen atoms in total. The second kappa shape index (κ2) is 9.78. The number of morpholine rings is 1. The number of urea groups is 1. The number of carbonyl (C=O) groups excluding carboxylic acids is 1. The Balaban J connectivity index is 1.61. The third-order valence-electron chi connectivity index (χ3n) is 5.91.